The highest BCUT2D eigenvalue weighted by Crippen LogP contribution is 2.18. The summed E-state index contributed by atoms with van der Waals surface area (Å²) in [7, 11) is 0. The van der Waals surface area contributed by atoms with Crippen LogP contribution in [0.1, 0.15) is 40.0 Å². The molecule has 1 rings (SSSR count). The molecule has 0 amide bonds. The topological polar surface area (TPSA) is 32.7 Å². The Balaban J connectivity index is 2.32. The highest BCUT2D eigenvalue weighted by Gasteiger charge is 2.26. The molecule has 0 saturated carbocycles. The van der Waals surface area contributed by atoms with Crippen LogP contribution in [-0.4, -0.2) is 48.5 Å². The third-order valence-corrected chi connectivity index (χ3v) is 3.48. The van der Waals surface area contributed by atoms with Gasteiger partial charge in [-0.2, -0.15) is 0 Å². The Morgan fingerprint density at radius 2 is 2.19 bits per heavy atom. The molecule has 0 aliphatic carbocycles. The van der Waals surface area contributed by atoms with Crippen molar-refractivity contribution in [2.24, 2.45) is 5.92 Å². The van der Waals surface area contributed by atoms with Crippen LogP contribution in [0.15, 0.2) is 0 Å². The first-order valence-electron chi connectivity index (χ1n) is 6.69. The van der Waals surface area contributed by atoms with E-state index in [1.807, 2.05) is 0 Å². The zero-order chi connectivity index (χ0) is 12.0. The van der Waals surface area contributed by atoms with E-state index in [4.69, 9.17) is 4.74 Å². The molecular formula is C13H27NO2. The van der Waals surface area contributed by atoms with Gasteiger partial charge >= 0.3 is 0 Å². The minimum Gasteiger partial charge on any atom is -0.390 e. The summed E-state index contributed by atoms with van der Waals surface area (Å²) in [4.78, 5) is 2.35. The molecule has 0 aromatic carbocycles. The van der Waals surface area contributed by atoms with Crippen LogP contribution in [0.4, 0.5) is 0 Å². The number of likely N-dealkylation sites (N-methyl/N-ethyl adjacent to an activating group) is 1. The summed E-state index contributed by atoms with van der Waals surface area (Å²) >= 11 is 0. The maximum atomic E-state index is 10.1. The smallest absolute Gasteiger partial charge is 0.0961 e. The predicted molar refractivity (Wildman–Crippen MR) is 66.5 cm³/mol. The van der Waals surface area contributed by atoms with Gasteiger partial charge in [0, 0.05) is 13.1 Å². The van der Waals surface area contributed by atoms with E-state index in [2.05, 4.69) is 25.7 Å². The van der Waals surface area contributed by atoms with Crippen molar-refractivity contribution >= 4 is 0 Å². The number of rotatable bonds is 6. The first-order chi connectivity index (χ1) is 7.67. The molecule has 3 unspecified atom stereocenters. The SMILES string of the molecule is CCCC(C)CC(O)C1CN(CC)CCO1. The fourth-order valence-electron chi connectivity index (χ4n) is 2.43. The highest BCUT2D eigenvalue weighted by molar-refractivity contribution is 4.78. The molecule has 16 heavy (non-hydrogen) atoms. The van der Waals surface area contributed by atoms with Gasteiger partial charge in [-0.05, 0) is 18.9 Å². The van der Waals surface area contributed by atoms with Crippen molar-refractivity contribution in [3.05, 3.63) is 0 Å². The van der Waals surface area contributed by atoms with Gasteiger partial charge in [-0.25, -0.2) is 0 Å². The summed E-state index contributed by atoms with van der Waals surface area (Å²) in [5, 5.41) is 10.1. The molecule has 1 saturated heterocycles. The van der Waals surface area contributed by atoms with Crippen molar-refractivity contribution in [3.63, 3.8) is 0 Å². The second kappa shape index (κ2) is 7.25. The minimum absolute atomic E-state index is 0.0213. The van der Waals surface area contributed by atoms with E-state index in [9.17, 15) is 5.11 Å². The Labute approximate surface area is 99.8 Å². The molecule has 3 heteroatoms. The minimum atomic E-state index is -0.295. The lowest BCUT2D eigenvalue weighted by Crippen LogP contribution is -2.47. The zero-order valence-corrected chi connectivity index (χ0v) is 11.0. The van der Waals surface area contributed by atoms with Crippen molar-refractivity contribution in [1.29, 1.82) is 0 Å². The van der Waals surface area contributed by atoms with Gasteiger partial charge in [-0.1, -0.05) is 33.6 Å². The molecule has 1 aliphatic heterocycles. The Morgan fingerprint density at radius 1 is 1.44 bits per heavy atom. The van der Waals surface area contributed by atoms with Crippen molar-refractivity contribution in [2.75, 3.05) is 26.2 Å². The molecule has 1 fully saturated rings. The zero-order valence-electron chi connectivity index (χ0n) is 11.0. The van der Waals surface area contributed by atoms with Crippen LogP contribution in [0, 0.1) is 5.92 Å². The number of aliphatic hydroxyl groups is 1. The third kappa shape index (κ3) is 4.40. The molecule has 1 N–H and O–H groups in total. The molecule has 1 aliphatic rings. The van der Waals surface area contributed by atoms with E-state index in [1.54, 1.807) is 0 Å². The van der Waals surface area contributed by atoms with Gasteiger partial charge in [0.1, 0.15) is 0 Å². The largest absolute Gasteiger partial charge is 0.390 e. The Bertz CT molecular complexity index is 187. The van der Waals surface area contributed by atoms with Crippen LogP contribution in [0.25, 0.3) is 0 Å². The van der Waals surface area contributed by atoms with Crippen LogP contribution >= 0.6 is 0 Å². The van der Waals surface area contributed by atoms with E-state index >= 15 is 0 Å². The second-order valence-electron chi connectivity index (χ2n) is 5.00. The summed E-state index contributed by atoms with van der Waals surface area (Å²) < 4.78 is 5.66. The maximum absolute atomic E-state index is 10.1. The first kappa shape index (κ1) is 13.9. The van der Waals surface area contributed by atoms with Crippen molar-refractivity contribution < 1.29 is 9.84 Å². The molecule has 3 atom stereocenters. The number of aliphatic hydroxyl groups excluding tert-OH is 1. The second-order valence-corrected chi connectivity index (χ2v) is 5.00. The summed E-state index contributed by atoms with van der Waals surface area (Å²) in [6.07, 6.45) is 2.99. The van der Waals surface area contributed by atoms with Gasteiger partial charge in [0.05, 0.1) is 18.8 Å². The predicted octanol–water partition coefficient (Wildman–Crippen LogP) is 1.89. The molecule has 3 nitrogen and oxygen atoms in total. The summed E-state index contributed by atoms with van der Waals surface area (Å²) in [6, 6.07) is 0. The van der Waals surface area contributed by atoms with E-state index < -0.39 is 0 Å². The van der Waals surface area contributed by atoms with Gasteiger partial charge in [-0.3, -0.25) is 4.90 Å². The van der Waals surface area contributed by atoms with Gasteiger partial charge < -0.3 is 9.84 Å². The lowest BCUT2D eigenvalue weighted by molar-refractivity contribution is -0.0927. The van der Waals surface area contributed by atoms with Gasteiger partial charge in [-0.15, -0.1) is 0 Å². The molecule has 96 valence electrons. The van der Waals surface area contributed by atoms with Crippen molar-refractivity contribution in [3.8, 4) is 0 Å². The molecule has 0 radical (unpaired) electrons. The fourth-order valence-corrected chi connectivity index (χ4v) is 2.43. The molecule has 0 spiro atoms. The summed E-state index contributed by atoms with van der Waals surface area (Å²) in [5.74, 6) is 0.598. The van der Waals surface area contributed by atoms with Crippen molar-refractivity contribution in [2.45, 2.75) is 52.2 Å². The van der Waals surface area contributed by atoms with Crippen molar-refractivity contribution in [1.82, 2.24) is 4.90 Å². The van der Waals surface area contributed by atoms with E-state index in [1.165, 1.54) is 12.8 Å². The van der Waals surface area contributed by atoms with Crippen LogP contribution in [0.2, 0.25) is 0 Å². The lowest BCUT2D eigenvalue weighted by Gasteiger charge is -2.35. The van der Waals surface area contributed by atoms with Crippen LogP contribution in [0.3, 0.4) is 0 Å². The number of ether oxygens (including phenoxy) is 1. The van der Waals surface area contributed by atoms with E-state index in [-0.39, 0.29) is 12.2 Å². The van der Waals surface area contributed by atoms with Gasteiger partial charge in [0.2, 0.25) is 0 Å². The Kier molecular flexibility index (Phi) is 6.32. The molecule has 0 aromatic heterocycles. The number of hydrogen-bond acceptors (Lipinski definition) is 3. The molecule has 0 bridgehead atoms. The average Bonchev–Trinajstić information content (AvgIpc) is 2.29. The molecule has 0 aromatic rings. The Morgan fingerprint density at radius 3 is 2.81 bits per heavy atom. The quantitative estimate of drug-likeness (QED) is 0.755. The van der Waals surface area contributed by atoms with Crippen LogP contribution < -0.4 is 0 Å². The first-order valence-corrected chi connectivity index (χ1v) is 6.69. The van der Waals surface area contributed by atoms with E-state index in [0.29, 0.717) is 5.92 Å². The normalized spacial score (nSPS) is 26.6. The van der Waals surface area contributed by atoms with Crippen LogP contribution in [-0.2, 0) is 4.74 Å². The maximum Gasteiger partial charge on any atom is 0.0961 e. The third-order valence-electron chi connectivity index (χ3n) is 3.48. The summed E-state index contributed by atoms with van der Waals surface area (Å²) in [5.41, 5.74) is 0. The van der Waals surface area contributed by atoms with Gasteiger partial charge in [0.15, 0.2) is 0 Å². The number of morpholine rings is 1. The Hall–Kier alpha value is -0.120. The van der Waals surface area contributed by atoms with E-state index in [0.717, 1.165) is 32.7 Å². The molecule has 1 heterocycles. The van der Waals surface area contributed by atoms with Gasteiger partial charge in [0.25, 0.3) is 0 Å². The lowest BCUT2D eigenvalue weighted by atomic mass is 9.95. The molecular weight excluding hydrogens is 202 g/mol. The summed E-state index contributed by atoms with van der Waals surface area (Å²) in [6.45, 7) is 10.3. The number of hydrogen-bond donors (Lipinski definition) is 1. The highest BCUT2D eigenvalue weighted by atomic mass is 16.5. The van der Waals surface area contributed by atoms with Crippen LogP contribution in [0.5, 0.6) is 0 Å². The fraction of sp³-hybridized carbons (Fsp3) is 1.00. The number of nitrogens with zero attached hydrogens (tertiary/aromatic N) is 1. The standard InChI is InChI=1S/C13H27NO2/c1-4-6-11(3)9-12(15)13-10-14(5-2)7-8-16-13/h11-13,15H,4-10H2,1-3H3. The average molecular weight is 229 g/mol. The monoisotopic (exact) mass is 229 g/mol.